The van der Waals surface area contributed by atoms with Gasteiger partial charge < -0.3 is 4.74 Å². The topological polar surface area (TPSA) is 77.0 Å². The molecular weight excluding hydrogens is 314 g/mol. The number of Topliss-reactive ketones (excluding diaryl/α,β-unsaturated/α-hetero) is 1. The van der Waals surface area contributed by atoms with Crippen LogP contribution in [0.25, 0.3) is 0 Å². The number of methoxy groups -OCH3 is 1. The van der Waals surface area contributed by atoms with Crippen molar-refractivity contribution < 1.29 is 9.53 Å². The Labute approximate surface area is 139 Å². The van der Waals surface area contributed by atoms with Crippen LogP contribution in [0.15, 0.2) is 28.2 Å². The fourth-order valence-corrected chi connectivity index (χ4v) is 3.13. The molecule has 0 aliphatic rings. The summed E-state index contributed by atoms with van der Waals surface area (Å²) < 4.78 is 7.00. The first-order chi connectivity index (χ1) is 11.1. The molecule has 0 unspecified atom stereocenters. The van der Waals surface area contributed by atoms with E-state index in [0.717, 1.165) is 24.2 Å². The van der Waals surface area contributed by atoms with Gasteiger partial charge in [-0.2, -0.15) is 0 Å². The molecule has 0 spiro atoms. The van der Waals surface area contributed by atoms with Crippen LogP contribution >= 0.6 is 11.8 Å². The van der Waals surface area contributed by atoms with E-state index in [2.05, 4.69) is 17.1 Å². The Balaban J connectivity index is 2.19. The third kappa shape index (κ3) is 4.25. The normalized spacial score (nSPS) is 10.7. The van der Waals surface area contributed by atoms with Crippen LogP contribution in [0.5, 0.6) is 5.75 Å². The van der Waals surface area contributed by atoms with Gasteiger partial charge in [0.15, 0.2) is 10.9 Å². The van der Waals surface area contributed by atoms with E-state index < -0.39 is 0 Å². The number of nitrogens with one attached hydrogen (secondary N) is 1. The number of benzene rings is 1. The summed E-state index contributed by atoms with van der Waals surface area (Å²) in [6.45, 7) is 4.27. The lowest BCUT2D eigenvalue weighted by molar-refractivity contribution is 0.101. The van der Waals surface area contributed by atoms with E-state index in [4.69, 9.17) is 4.74 Å². The Morgan fingerprint density at radius 1 is 1.43 bits per heavy atom. The van der Waals surface area contributed by atoms with Crippen LogP contribution in [-0.4, -0.2) is 27.7 Å². The van der Waals surface area contributed by atoms with Crippen molar-refractivity contribution in [2.75, 3.05) is 7.11 Å². The zero-order chi connectivity index (χ0) is 16.8. The van der Waals surface area contributed by atoms with Crippen molar-refractivity contribution in [3.05, 3.63) is 39.8 Å². The second kappa shape index (κ2) is 8.01. The maximum atomic E-state index is 11.8. The largest absolute Gasteiger partial charge is 0.496 e. The van der Waals surface area contributed by atoms with Crippen molar-refractivity contribution in [3.8, 4) is 5.75 Å². The molecule has 1 heterocycles. The number of hydrogen-bond donors (Lipinski definition) is 1. The Kier molecular flexibility index (Phi) is 6.04. The molecule has 0 atom stereocenters. The highest BCUT2D eigenvalue weighted by Gasteiger charge is 2.12. The Hall–Kier alpha value is -2.02. The SMILES string of the molecule is CCCCn1c(SCc2cc(C(C)=O)ccc2OC)n[nH]c1=O. The summed E-state index contributed by atoms with van der Waals surface area (Å²) in [5, 5.41) is 7.22. The van der Waals surface area contributed by atoms with Gasteiger partial charge in [0.25, 0.3) is 0 Å². The molecule has 0 radical (unpaired) electrons. The highest BCUT2D eigenvalue weighted by atomic mass is 32.2. The van der Waals surface area contributed by atoms with Gasteiger partial charge in [-0.25, -0.2) is 9.89 Å². The van der Waals surface area contributed by atoms with Gasteiger partial charge in [0.05, 0.1) is 7.11 Å². The summed E-state index contributed by atoms with van der Waals surface area (Å²) in [5.74, 6) is 1.31. The summed E-state index contributed by atoms with van der Waals surface area (Å²) in [6, 6.07) is 5.37. The van der Waals surface area contributed by atoms with Crippen molar-refractivity contribution in [1.82, 2.24) is 14.8 Å². The van der Waals surface area contributed by atoms with Gasteiger partial charge in [0.1, 0.15) is 5.75 Å². The van der Waals surface area contributed by atoms with Crippen LogP contribution in [-0.2, 0) is 12.3 Å². The number of H-pyrrole nitrogens is 1. The fourth-order valence-electron chi connectivity index (χ4n) is 2.18. The highest BCUT2D eigenvalue weighted by Crippen LogP contribution is 2.27. The molecule has 0 amide bonds. The molecule has 7 heteroatoms. The molecule has 0 saturated heterocycles. The monoisotopic (exact) mass is 335 g/mol. The molecule has 1 aromatic carbocycles. The molecule has 1 aromatic heterocycles. The number of rotatable bonds is 8. The molecule has 23 heavy (non-hydrogen) atoms. The molecule has 2 aromatic rings. The molecule has 0 bridgehead atoms. The first kappa shape index (κ1) is 17.3. The predicted octanol–water partition coefficient (Wildman–Crippen LogP) is 2.88. The van der Waals surface area contributed by atoms with Gasteiger partial charge in [-0.3, -0.25) is 9.36 Å². The summed E-state index contributed by atoms with van der Waals surface area (Å²) in [6.07, 6.45) is 1.94. The first-order valence-electron chi connectivity index (χ1n) is 7.52. The summed E-state index contributed by atoms with van der Waals surface area (Å²) in [7, 11) is 1.60. The standard InChI is InChI=1S/C16H21N3O3S/c1-4-5-8-19-15(21)17-18-16(19)23-10-13-9-12(11(2)20)6-7-14(13)22-3/h6-7,9H,4-5,8,10H2,1-3H3,(H,17,21). The number of aromatic amines is 1. The molecule has 0 saturated carbocycles. The van der Waals surface area contributed by atoms with Gasteiger partial charge >= 0.3 is 5.69 Å². The van der Waals surface area contributed by atoms with Crippen molar-refractivity contribution in [2.24, 2.45) is 0 Å². The molecule has 0 fully saturated rings. The molecule has 0 aliphatic carbocycles. The lowest BCUT2D eigenvalue weighted by atomic mass is 10.1. The van der Waals surface area contributed by atoms with Crippen LogP contribution in [0.4, 0.5) is 0 Å². The van der Waals surface area contributed by atoms with Gasteiger partial charge in [-0.05, 0) is 31.5 Å². The van der Waals surface area contributed by atoms with Gasteiger partial charge in [-0.15, -0.1) is 5.10 Å². The fraction of sp³-hybridized carbons (Fsp3) is 0.438. The molecular formula is C16H21N3O3S. The number of unbranched alkanes of at least 4 members (excludes halogenated alkanes) is 1. The number of ether oxygens (including phenoxy) is 1. The summed E-state index contributed by atoms with van der Waals surface area (Å²) >= 11 is 1.45. The molecule has 1 N–H and O–H groups in total. The van der Waals surface area contributed by atoms with Crippen molar-refractivity contribution in [2.45, 2.75) is 44.1 Å². The number of ketones is 1. The first-order valence-corrected chi connectivity index (χ1v) is 8.51. The van der Waals surface area contributed by atoms with Crippen LogP contribution in [0.3, 0.4) is 0 Å². The van der Waals surface area contributed by atoms with E-state index in [1.165, 1.54) is 18.7 Å². The van der Waals surface area contributed by atoms with Gasteiger partial charge in [0.2, 0.25) is 0 Å². The van der Waals surface area contributed by atoms with Crippen molar-refractivity contribution in [3.63, 3.8) is 0 Å². The molecule has 0 aliphatic heterocycles. The predicted molar refractivity (Wildman–Crippen MR) is 90.3 cm³/mol. The van der Waals surface area contributed by atoms with E-state index in [-0.39, 0.29) is 11.5 Å². The average molecular weight is 335 g/mol. The highest BCUT2D eigenvalue weighted by molar-refractivity contribution is 7.98. The smallest absolute Gasteiger partial charge is 0.343 e. The number of nitrogens with zero attached hydrogens (tertiary/aromatic N) is 2. The zero-order valence-corrected chi connectivity index (χ0v) is 14.4. The molecule has 124 valence electrons. The number of carbonyl (C=O) groups excluding carboxylic acids is 1. The second-order valence-electron chi connectivity index (χ2n) is 5.19. The number of hydrogen-bond acceptors (Lipinski definition) is 5. The Morgan fingerprint density at radius 2 is 2.22 bits per heavy atom. The molecule has 6 nitrogen and oxygen atoms in total. The van der Waals surface area contributed by atoms with Crippen LogP contribution in [0, 0.1) is 0 Å². The minimum absolute atomic E-state index is 0.0125. The maximum Gasteiger partial charge on any atom is 0.343 e. The van der Waals surface area contributed by atoms with Gasteiger partial charge in [-0.1, -0.05) is 25.1 Å². The van der Waals surface area contributed by atoms with E-state index in [0.29, 0.717) is 23.0 Å². The Bertz CT molecular complexity index is 736. The van der Waals surface area contributed by atoms with E-state index >= 15 is 0 Å². The average Bonchev–Trinajstić information content (AvgIpc) is 2.90. The zero-order valence-electron chi connectivity index (χ0n) is 13.6. The minimum atomic E-state index is -0.189. The van der Waals surface area contributed by atoms with E-state index in [1.54, 1.807) is 23.8 Å². The third-order valence-electron chi connectivity index (χ3n) is 3.50. The Morgan fingerprint density at radius 3 is 2.87 bits per heavy atom. The summed E-state index contributed by atoms with van der Waals surface area (Å²) in [4.78, 5) is 23.3. The minimum Gasteiger partial charge on any atom is -0.496 e. The molecule has 2 rings (SSSR count). The third-order valence-corrected chi connectivity index (χ3v) is 4.53. The summed E-state index contributed by atoms with van der Waals surface area (Å²) in [5.41, 5.74) is 1.36. The van der Waals surface area contributed by atoms with Crippen LogP contribution < -0.4 is 10.4 Å². The van der Waals surface area contributed by atoms with Crippen molar-refractivity contribution in [1.29, 1.82) is 0 Å². The van der Waals surface area contributed by atoms with E-state index in [1.807, 2.05) is 6.07 Å². The lowest BCUT2D eigenvalue weighted by Crippen LogP contribution is -2.17. The quantitative estimate of drug-likeness (QED) is 0.593. The number of carbonyl (C=O) groups is 1. The van der Waals surface area contributed by atoms with Crippen molar-refractivity contribution >= 4 is 17.5 Å². The maximum absolute atomic E-state index is 11.8. The van der Waals surface area contributed by atoms with Crippen LogP contribution in [0.2, 0.25) is 0 Å². The number of thioether (sulfide) groups is 1. The van der Waals surface area contributed by atoms with E-state index in [9.17, 15) is 9.59 Å². The lowest BCUT2D eigenvalue weighted by Gasteiger charge is -2.10. The van der Waals surface area contributed by atoms with Gasteiger partial charge in [0, 0.05) is 23.4 Å². The van der Waals surface area contributed by atoms with Crippen LogP contribution in [0.1, 0.15) is 42.6 Å². The second-order valence-corrected chi connectivity index (χ2v) is 6.13. The number of aromatic nitrogens is 3.